The largest absolute Gasteiger partial charge is 0.309 e. The maximum absolute atomic E-state index is 3.48. The van der Waals surface area contributed by atoms with Crippen LogP contribution in [-0.4, -0.2) is 0 Å². The second-order valence-electron chi connectivity index (χ2n) is 4.73. The molecule has 0 unspecified atom stereocenters. The third kappa shape index (κ3) is 3.97. The first-order chi connectivity index (χ1) is 8.63. The Morgan fingerprint density at radius 3 is 2.00 bits per heavy atom. The Morgan fingerprint density at radius 2 is 1.39 bits per heavy atom. The SMILES string of the molecule is Cc1cc(C)cc(CNCc2ccc(Br)cc2)c1. The summed E-state index contributed by atoms with van der Waals surface area (Å²) in [6.45, 7) is 6.11. The lowest BCUT2D eigenvalue weighted by atomic mass is 10.1. The summed E-state index contributed by atoms with van der Waals surface area (Å²) in [5.41, 5.74) is 5.32. The zero-order valence-electron chi connectivity index (χ0n) is 10.8. The van der Waals surface area contributed by atoms with Crippen LogP contribution in [0.5, 0.6) is 0 Å². The minimum Gasteiger partial charge on any atom is -0.309 e. The van der Waals surface area contributed by atoms with E-state index in [0.29, 0.717) is 0 Å². The van der Waals surface area contributed by atoms with Crippen LogP contribution in [0, 0.1) is 13.8 Å². The number of aryl methyl sites for hydroxylation is 2. The standard InChI is InChI=1S/C16H18BrN/c1-12-7-13(2)9-15(8-12)11-18-10-14-3-5-16(17)6-4-14/h3-9,18H,10-11H2,1-2H3. The van der Waals surface area contributed by atoms with Crippen LogP contribution in [0.1, 0.15) is 22.3 Å². The van der Waals surface area contributed by atoms with Crippen molar-refractivity contribution in [2.24, 2.45) is 0 Å². The Labute approximate surface area is 117 Å². The number of benzene rings is 2. The summed E-state index contributed by atoms with van der Waals surface area (Å²) in [4.78, 5) is 0. The molecule has 2 aromatic carbocycles. The summed E-state index contributed by atoms with van der Waals surface area (Å²) in [6, 6.07) is 15.1. The highest BCUT2D eigenvalue weighted by atomic mass is 79.9. The molecular weight excluding hydrogens is 286 g/mol. The molecule has 2 aromatic rings. The van der Waals surface area contributed by atoms with Crippen molar-refractivity contribution < 1.29 is 0 Å². The fourth-order valence-electron chi connectivity index (χ4n) is 2.12. The zero-order chi connectivity index (χ0) is 13.0. The number of hydrogen-bond donors (Lipinski definition) is 1. The van der Waals surface area contributed by atoms with E-state index >= 15 is 0 Å². The minimum atomic E-state index is 0.903. The van der Waals surface area contributed by atoms with Crippen molar-refractivity contribution in [3.63, 3.8) is 0 Å². The molecule has 0 aliphatic carbocycles. The van der Waals surface area contributed by atoms with E-state index in [1.54, 1.807) is 0 Å². The Balaban J connectivity index is 1.90. The highest BCUT2D eigenvalue weighted by Crippen LogP contribution is 2.11. The minimum absolute atomic E-state index is 0.903. The molecule has 94 valence electrons. The monoisotopic (exact) mass is 303 g/mol. The highest BCUT2D eigenvalue weighted by molar-refractivity contribution is 9.10. The van der Waals surface area contributed by atoms with Gasteiger partial charge in [0.1, 0.15) is 0 Å². The van der Waals surface area contributed by atoms with Crippen LogP contribution in [0.25, 0.3) is 0 Å². The van der Waals surface area contributed by atoms with Crippen molar-refractivity contribution >= 4 is 15.9 Å². The summed E-state index contributed by atoms with van der Waals surface area (Å²) < 4.78 is 1.13. The van der Waals surface area contributed by atoms with Crippen LogP contribution >= 0.6 is 15.9 Å². The van der Waals surface area contributed by atoms with Crippen LogP contribution < -0.4 is 5.32 Å². The molecule has 0 aliphatic rings. The molecule has 0 spiro atoms. The van der Waals surface area contributed by atoms with E-state index in [2.05, 4.69) is 77.6 Å². The van der Waals surface area contributed by atoms with Crippen molar-refractivity contribution in [2.75, 3.05) is 0 Å². The predicted molar refractivity (Wildman–Crippen MR) is 80.6 cm³/mol. The van der Waals surface area contributed by atoms with Crippen molar-refractivity contribution in [3.8, 4) is 0 Å². The molecule has 0 heterocycles. The predicted octanol–water partition coefficient (Wildman–Crippen LogP) is 4.36. The van der Waals surface area contributed by atoms with Gasteiger partial charge in [-0.1, -0.05) is 57.4 Å². The second kappa shape index (κ2) is 6.17. The maximum Gasteiger partial charge on any atom is 0.0208 e. The molecule has 0 bridgehead atoms. The molecule has 1 nitrogen and oxygen atoms in total. The smallest absolute Gasteiger partial charge is 0.0208 e. The van der Waals surface area contributed by atoms with E-state index in [4.69, 9.17) is 0 Å². The van der Waals surface area contributed by atoms with Gasteiger partial charge in [-0.05, 0) is 37.1 Å². The van der Waals surface area contributed by atoms with Gasteiger partial charge in [-0.25, -0.2) is 0 Å². The molecule has 0 fully saturated rings. The Bertz CT molecular complexity index is 497. The third-order valence-corrected chi connectivity index (χ3v) is 3.38. The van der Waals surface area contributed by atoms with E-state index in [1.165, 1.54) is 22.3 Å². The topological polar surface area (TPSA) is 12.0 Å². The highest BCUT2D eigenvalue weighted by Gasteiger charge is 1.97. The van der Waals surface area contributed by atoms with E-state index in [1.807, 2.05) is 0 Å². The van der Waals surface area contributed by atoms with Gasteiger partial charge < -0.3 is 5.32 Å². The molecule has 2 heteroatoms. The van der Waals surface area contributed by atoms with Crippen molar-refractivity contribution in [2.45, 2.75) is 26.9 Å². The van der Waals surface area contributed by atoms with E-state index in [9.17, 15) is 0 Å². The summed E-state index contributed by atoms with van der Waals surface area (Å²) in [6.07, 6.45) is 0. The molecule has 0 amide bonds. The average Bonchev–Trinajstić information content (AvgIpc) is 2.30. The van der Waals surface area contributed by atoms with Crippen LogP contribution in [0.2, 0.25) is 0 Å². The quantitative estimate of drug-likeness (QED) is 0.885. The van der Waals surface area contributed by atoms with Crippen LogP contribution in [-0.2, 0) is 13.1 Å². The number of hydrogen-bond acceptors (Lipinski definition) is 1. The van der Waals surface area contributed by atoms with Crippen LogP contribution in [0.3, 0.4) is 0 Å². The molecule has 0 saturated heterocycles. The maximum atomic E-state index is 3.48. The van der Waals surface area contributed by atoms with Gasteiger partial charge in [-0.3, -0.25) is 0 Å². The Morgan fingerprint density at radius 1 is 0.833 bits per heavy atom. The first-order valence-corrected chi connectivity index (χ1v) is 6.95. The van der Waals surface area contributed by atoms with Crippen molar-refractivity contribution in [1.29, 1.82) is 0 Å². The van der Waals surface area contributed by atoms with Crippen molar-refractivity contribution in [3.05, 3.63) is 69.2 Å². The normalized spacial score (nSPS) is 10.6. The summed E-state index contributed by atoms with van der Waals surface area (Å²) >= 11 is 3.45. The van der Waals surface area contributed by atoms with Gasteiger partial charge in [0, 0.05) is 17.6 Å². The summed E-state index contributed by atoms with van der Waals surface area (Å²) in [5.74, 6) is 0. The van der Waals surface area contributed by atoms with Gasteiger partial charge in [0.2, 0.25) is 0 Å². The summed E-state index contributed by atoms with van der Waals surface area (Å²) in [5, 5.41) is 3.48. The summed E-state index contributed by atoms with van der Waals surface area (Å²) in [7, 11) is 0. The van der Waals surface area contributed by atoms with Gasteiger partial charge in [-0.15, -0.1) is 0 Å². The Kier molecular flexibility index (Phi) is 4.56. The molecular formula is C16H18BrN. The first-order valence-electron chi connectivity index (χ1n) is 6.16. The second-order valence-corrected chi connectivity index (χ2v) is 5.64. The fourth-order valence-corrected chi connectivity index (χ4v) is 2.39. The molecule has 0 saturated carbocycles. The van der Waals surface area contributed by atoms with E-state index in [0.717, 1.165) is 17.6 Å². The average molecular weight is 304 g/mol. The molecule has 1 N–H and O–H groups in total. The van der Waals surface area contributed by atoms with Gasteiger partial charge in [0.05, 0.1) is 0 Å². The number of halogens is 1. The number of nitrogens with one attached hydrogen (secondary N) is 1. The van der Waals surface area contributed by atoms with Crippen molar-refractivity contribution in [1.82, 2.24) is 5.32 Å². The number of rotatable bonds is 4. The van der Waals surface area contributed by atoms with E-state index in [-0.39, 0.29) is 0 Å². The van der Waals surface area contributed by atoms with Crippen LogP contribution in [0.15, 0.2) is 46.9 Å². The molecule has 0 atom stereocenters. The van der Waals surface area contributed by atoms with E-state index < -0.39 is 0 Å². The lowest BCUT2D eigenvalue weighted by Crippen LogP contribution is -2.12. The van der Waals surface area contributed by atoms with Gasteiger partial charge in [0.25, 0.3) is 0 Å². The molecule has 0 radical (unpaired) electrons. The zero-order valence-corrected chi connectivity index (χ0v) is 12.4. The lowest BCUT2D eigenvalue weighted by molar-refractivity contribution is 0.692. The van der Waals surface area contributed by atoms with Gasteiger partial charge in [0.15, 0.2) is 0 Å². The lowest BCUT2D eigenvalue weighted by Gasteiger charge is -2.07. The first kappa shape index (κ1) is 13.3. The molecule has 0 aromatic heterocycles. The van der Waals surface area contributed by atoms with Crippen LogP contribution in [0.4, 0.5) is 0 Å². The molecule has 18 heavy (non-hydrogen) atoms. The molecule has 0 aliphatic heterocycles. The fraction of sp³-hybridized carbons (Fsp3) is 0.250. The third-order valence-electron chi connectivity index (χ3n) is 2.85. The van der Waals surface area contributed by atoms with Gasteiger partial charge >= 0.3 is 0 Å². The Hall–Kier alpha value is -1.12. The van der Waals surface area contributed by atoms with Gasteiger partial charge in [-0.2, -0.15) is 0 Å². The molecule has 2 rings (SSSR count).